The Morgan fingerprint density at radius 2 is 1.71 bits per heavy atom. The number of furan rings is 1. The Kier molecular flexibility index (Phi) is 4.46. The number of fused-ring (bicyclic) bond motifs is 1. The number of benzene rings is 1. The van der Waals surface area contributed by atoms with Crippen LogP contribution in [-0.2, 0) is 14.3 Å². The first-order valence-electron chi connectivity index (χ1n) is 5.12. The largest absolute Gasteiger partial charge is 0.464 e. The van der Waals surface area contributed by atoms with E-state index < -0.39 is 11.9 Å². The second-order valence-electron chi connectivity index (χ2n) is 3.50. The SMILES string of the molecule is CC(=O)OC(C)=O.Cc1coc2ccccc12. The summed E-state index contributed by atoms with van der Waals surface area (Å²) in [5, 5.41) is 1.21. The molecule has 4 nitrogen and oxygen atoms in total. The summed E-state index contributed by atoms with van der Waals surface area (Å²) in [4.78, 5) is 19.6. The number of hydrogen-bond donors (Lipinski definition) is 0. The van der Waals surface area contributed by atoms with E-state index in [2.05, 4.69) is 10.8 Å². The van der Waals surface area contributed by atoms with Crippen LogP contribution in [0.2, 0.25) is 0 Å². The lowest BCUT2D eigenvalue weighted by atomic mass is 10.2. The van der Waals surface area contributed by atoms with E-state index in [-0.39, 0.29) is 0 Å². The summed E-state index contributed by atoms with van der Waals surface area (Å²) in [6, 6.07) is 8.03. The number of carbonyl (C=O) groups is 2. The Hall–Kier alpha value is -2.10. The first kappa shape index (κ1) is 13.0. The number of rotatable bonds is 0. The molecule has 90 valence electrons. The Morgan fingerprint density at radius 1 is 1.12 bits per heavy atom. The fraction of sp³-hybridized carbons (Fsp3) is 0.231. The zero-order valence-electron chi connectivity index (χ0n) is 10.0. The molecule has 1 heterocycles. The standard InChI is InChI=1S/C9H8O.C4H6O3/c1-7-6-10-9-5-3-2-4-8(7)9;1-3(5)7-4(2)6/h2-6H,1H3;1-2H3. The molecule has 0 amide bonds. The van der Waals surface area contributed by atoms with Crippen molar-refractivity contribution in [3.8, 4) is 0 Å². The molecule has 17 heavy (non-hydrogen) atoms. The van der Waals surface area contributed by atoms with E-state index in [4.69, 9.17) is 4.42 Å². The molecule has 0 aliphatic carbocycles. The Balaban J connectivity index is 0.000000185. The van der Waals surface area contributed by atoms with Gasteiger partial charge in [0.15, 0.2) is 0 Å². The van der Waals surface area contributed by atoms with Crippen molar-refractivity contribution in [2.24, 2.45) is 0 Å². The van der Waals surface area contributed by atoms with E-state index in [9.17, 15) is 9.59 Å². The van der Waals surface area contributed by atoms with Gasteiger partial charge in [0.1, 0.15) is 5.58 Å². The van der Waals surface area contributed by atoms with E-state index in [1.54, 1.807) is 6.26 Å². The van der Waals surface area contributed by atoms with Gasteiger partial charge in [0, 0.05) is 19.2 Å². The molecule has 0 fully saturated rings. The Labute approximate surface area is 99.2 Å². The number of carbonyl (C=O) groups excluding carboxylic acids is 2. The van der Waals surface area contributed by atoms with E-state index in [1.165, 1.54) is 24.8 Å². The summed E-state index contributed by atoms with van der Waals surface area (Å²) in [6.07, 6.45) is 1.78. The van der Waals surface area contributed by atoms with Crippen LogP contribution in [0.3, 0.4) is 0 Å². The minimum atomic E-state index is -0.562. The average molecular weight is 234 g/mol. The van der Waals surface area contributed by atoms with Crippen LogP contribution in [0.25, 0.3) is 11.0 Å². The van der Waals surface area contributed by atoms with Gasteiger partial charge in [0.2, 0.25) is 0 Å². The Morgan fingerprint density at radius 3 is 2.18 bits per heavy atom. The van der Waals surface area contributed by atoms with Crippen LogP contribution in [-0.4, -0.2) is 11.9 Å². The summed E-state index contributed by atoms with van der Waals surface area (Å²) < 4.78 is 9.22. The van der Waals surface area contributed by atoms with Crippen LogP contribution in [0.5, 0.6) is 0 Å². The fourth-order valence-electron chi connectivity index (χ4n) is 1.31. The summed E-state index contributed by atoms with van der Waals surface area (Å²) in [5.41, 5.74) is 2.18. The van der Waals surface area contributed by atoms with Crippen molar-refractivity contribution >= 4 is 22.9 Å². The van der Waals surface area contributed by atoms with Gasteiger partial charge in [-0.25, -0.2) is 0 Å². The van der Waals surface area contributed by atoms with Gasteiger partial charge in [-0.05, 0) is 18.6 Å². The van der Waals surface area contributed by atoms with Gasteiger partial charge < -0.3 is 9.15 Å². The molecule has 0 aliphatic heterocycles. The highest BCUT2D eigenvalue weighted by atomic mass is 16.6. The average Bonchev–Trinajstić information content (AvgIpc) is 2.60. The van der Waals surface area contributed by atoms with E-state index >= 15 is 0 Å². The van der Waals surface area contributed by atoms with Crippen LogP contribution in [0.15, 0.2) is 34.9 Å². The topological polar surface area (TPSA) is 56.5 Å². The van der Waals surface area contributed by atoms with Gasteiger partial charge in [-0.1, -0.05) is 18.2 Å². The second-order valence-corrected chi connectivity index (χ2v) is 3.50. The van der Waals surface area contributed by atoms with Gasteiger partial charge in [-0.15, -0.1) is 0 Å². The van der Waals surface area contributed by atoms with Crippen LogP contribution in [0, 0.1) is 6.92 Å². The van der Waals surface area contributed by atoms with Gasteiger partial charge in [-0.2, -0.15) is 0 Å². The summed E-state index contributed by atoms with van der Waals surface area (Å²) in [6.45, 7) is 4.41. The number of aryl methyl sites for hydroxylation is 1. The van der Waals surface area contributed by atoms with Crippen molar-refractivity contribution in [2.75, 3.05) is 0 Å². The van der Waals surface area contributed by atoms with Crippen LogP contribution >= 0.6 is 0 Å². The smallest absolute Gasteiger partial charge is 0.310 e. The monoisotopic (exact) mass is 234 g/mol. The van der Waals surface area contributed by atoms with Crippen molar-refractivity contribution in [3.05, 3.63) is 36.1 Å². The van der Waals surface area contributed by atoms with Crippen molar-refractivity contribution in [2.45, 2.75) is 20.8 Å². The third-order valence-electron chi connectivity index (χ3n) is 1.96. The molecular formula is C13H14O4. The predicted molar refractivity (Wildman–Crippen MR) is 63.4 cm³/mol. The fourth-order valence-corrected chi connectivity index (χ4v) is 1.31. The first-order chi connectivity index (χ1) is 8.00. The van der Waals surface area contributed by atoms with Crippen molar-refractivity contribution < 1.29 is 18.7 Å². The third kappa shape index (κ3) is 4.10. The maximum absolute atomic E-state index is 9.81. The summed E-state index contributed by atoms with van der Waals surface area (Å²) in [7, 11) is 0. The lowest BCUT2D eigenvalue weighted by Crippen LogP contribution is -2.03. The third-order valence-corrected chi connectivity index (χ3v) is 1.96. The van der Waals surface area contributed by atoms with Gasteiger partial charge in [0.05, 0.1) is 6.26 Å². The zero-order valence-corrected chi connectivity index (χ0v) is 10.0. The normalized spacial score (nSPS) is 9.35. The number of esters is 2. The molecule has 2 aromatic rings. The number of ether oxygens (including phenoxy) is 1. The maximum Gasteiger partial charge on any atom is 0.310 e. The lowest BCUT2D eigenvalue weighted by molar-refractivity contribution is -0.156. The van der Waals surface area contributed by atoms with Gasteiger partial charge in [0.25, 0.3) is 0 Å². The van der Waals surface area contributed by atoms with E-state index in [1.807, 2.05) is 25.1 Å². The van der Waals surface area contributed by atoms with Gasteiger partial charge in [-0.3, -0.25) is 9.59 Å². The molecule has 2 rings (SSSR count). The van der Waals surface area contributed by atoms with Gasteiger partial charge >= 0.3 is 11.9 Å². The highest BCUT2D eigenvalue weighted by molar-refractivity contribution is 5.82. The molecule has 0 atom stereocenters. The minimum absolute atomic E-state index is 0.562. The molecule has 0 N–H and O–H groups in total. The van der Waals surface area contributed by atoms with Crippen LogP contribution < -0.4 is 0 Å². The summed E-state index contributed by atoms with van der Waals surface area (Å²) >= 11 is 0. The Bertz CT molecular complexity index is 513. The quantitative estimate of drug-likeness (QED) is 0.519. The number of hydrogen-bond acceptors (Lipinski definition) is 4. The molecule has 0 saturated heterocycles. The van der Waals surface area contributed by atoms with Crippen LogP contribution in [0.1, 0.15) is 19.4 Å². The molecule has 0 spiro atoms. The first-order valence-corrected chi connectivity index (χ1v) is 5.12. The highest BCUT2D eigenvalue weighted by Gasteiger charge is 1.97. The van der Waals surface area contributed by atoms with E-state index in [0.29, 0.717) is 0 Å². The van der Waals surface area contributed by atoms with Crippen molar-refractivity contribution in [3.63, 3.8) is 0 Å². The number of para-hydroxylation sites is 1. The lowest BCUT2D eigenvalue weighted by Gasteiger charge is -1.87. The van der Waals surface area contributed by atoms with Crippen molar-refractivity contribution in [1.82, 2.24) is 0 Å². The predicted octanol–water partition coefficient (Wildman–Crippen LogP) is 2.84. The molecule has 0 unspecified atom stereocenters. The molecular weight excluding hydrogens is 220 g/mol. The molecule has 4 heteroatoms. The minimum Gasteiger partial charge on any atom is -0.464 e. The molecule has 0 aliphatic rings. The molecule has 0 saturated carbocycles. The highest BCUT2D eigenvalue weighted by Crippen LogP contribution is 2.18. The second kappa shape index (κ2) is 5.84. The van der Waals surface area contributed by atoms with Crippen LogP contribution in [0.4, 0.5) is 0 Å². The van der Waals surface area contributed by atoms with E-state index in [0.717, 1.165) is 5.58 Å². The maximum atomic E-state index is 9.81. The summed E-state index contributed by atoms with van der Waals surface area (Å²) in [5.74, 6) is -1.12. The molecule has 0 bridgehead atoms. The van der Waals surface area contributed by atoms with Crippen molar-refractivity contribution in [1.29, 1.82) is 0 Å². The zero-order chi connectivity index (χ0) is 12.8. The molecule has 1 aromatic heterocycles. The molecule has 0 radical (unpaired) electrons. The molecule has 1 aromatic carbocycles.